The second kappa shape index (κ2) is 5.47. The molecule has 2 aromatic rings. The molecule has 110 valence electrons. The monoisotopic (exact) mass is 288 g/mol. The number of anilines is 1. The van der Waals surface area contributed by atoms with E-state index in [0.29, 0.717) is 24.7 Å². The zero-order valence-corrected chi connectivity index (χ0v) is 11.7. The molecule has 8 heteroatoms. The molecule has 0 aliphatic carbocycles. The van der Waals surface area contributed by atoms with E-state index in [1.54, 1.807) is 4.90 Å². The van der Waals surface area contributed by atoms with Crippen LogP contribution in [-0.2, 0) is 6.42 Å². The highest BCUT2D eigenvalue weighted by Crippen LogP contribution is 2.31. The van der Waals surface area contributed by atoms with E-state index in [-0.39, 0.29) is 23.5 Å². The average Bonchev–Trinajstić information content (AvgIpc) is 3.15. The van der Waals surface area contributed by atoms with Gasteiger partial charge in [-0.3, -0.25) is 4.79 Å². The van der Waals surface area contributed by atoms with Gasteiger partial charge in [-0.1, -0.05) is 12.1 Å². The predicted octanol–water partition coefficient (Wildman–Crippen LogP) is 0.981. The summed E-state index contributed by atoms with van der Waals surface area (Å²) in [7, 11) is 0. The van der Waals surface area contributed by atoms with Crippen molar-refractivity contribution in [2.75, 3.05) is 12.3 Å². The smallest absolute Gasteiger partial charge is 0.276 e. The Kier molecular flexibility index (Phi) is 3.51. The summed E-state index contributed by atoms with van der Waals surface area (Å²) in [4.78, 5) is 26.5. The number of likely N-dealkylation sites (tertiary alicyclic amines) is 1. The van der Waals surface area contributed by atoms with Crippen molar-refractivity contribution in [2.24, 2.45) is 0 Å². The molecule has 1 amide bonds. The number of carbonyl (C=O) groups excluding carboxylic acids is 1. The van der Waals surface area contributed by atoms with Gasteiger partial charge in [0.1, 0.15) is 0 Å². The van der Waals surface area contributed by atoms with Gasteiger partial charge in [-0.25, -0.2) is 9.97 Å². The molecule has 1 fully saturated rings. The minimum atomic E-state index is -0.244. The number of nitrogens with two attached hydrogens (primary N) is 1. The second-order valence-electron chi connectivity index (χ2n) is 4.85. The van der Waals surface area contributed by atoms with Crippen molar-refractivity contribution >= 4 is 11.7 Å². The van der Waals surface area contributed by atoms with E-state index >= 15 is 0 Å². The lowest BCUT2D eigenvalue weighted by molar-refractivity contribution is 0.0723. The molecule has 0 spiro atoms. The molecule has 0 unspecified atom stereocenters. The van der Waals surface area contributed by atoms with Crippen molar-refractivity contribution in [1.29, 1.82) is 0 Å². The van der Waals surface area contributed by atoms with Crippen molar-refractivity contribution in [1.82, 2.24) is 25.0 Å². The molecule has 2 aromatic heterocycles. The minimum Gasteiger partial charge on any atom is -0.382 e. The van der Waals surface area contributed by atoms with E-state index in [0.717, 1.165) is 12.8 Å². The third kappa shape index (κ3) is 2.44. The van der Waals surface area contributed by atoms with E-state index in [4.69, 9.17) is 10.3 Å². The number of hydrogen-bond acceptors (Lipinski definition) is 7. The van der Waals surface area contributed by atoms with Gasteiger partial charge in [0.05, 0.1) is 6.04 Å². The van der Waals surface area contributed by atoms with Gasteiger partial charge in [-0.2, -0.15) is 4.98 Å². The van der Waals surface area contributed by atoms with Gasteiger partial charge in [-0.05, 0) is 12.8 Å². The van der Waals surface area contributed by atoms with Crippen LogP contribution in [0.15, 0.2) is 16.9 Å². The Morgan fingerprint density at radius 1 is 1.48 bits per heavy atom. The Balaban J connectivity index is 1.87. The van der Waals surface area contributed by atoms with E-state index < -0.39 is 0 Å². The van der Waals surface area contributed by atoms with Gasteiger partial charge in [0.15, 0.2) is 17.3 Å². The third-order valence-electron chi connectivity index (χ3n) is 3.53. The number of aryl methyl sites for hydroxylation is 1. The number of carbonyl (C=O) groups is 1. The first-order chi connectivity index (χ1) is 10.2. The van der Waals surface area contributed by atoms with Crippen molar-refractivity contribution in [3.63, 3.8) is 0 Å². The standard InChI is InChI=1S/C13H16N6O2/c1-2-9-17-12(18-21-9)8-4-3-7-19(8)13(20)10-11(14)16-6-5-15-10/h5-6,8H,2-4,7H2,1H3,(H2,14,16)/t8-/m1/s1. The van der Waals surface area contributed by atoms with Crippen molar-refractivity contribution in [2.45, 2.75) is 32.2 Å². The number of nitrogen functional groups attached to an aromatic ring is 1. The quantitative estimate of drug-likeness (QED) is 0.896. The first-order valence-corrected chi connectivity index (χ1v) is 6.90. The van der Waals surface area contributed by atoms with E-state index in [9.17, 15) is 4.79 Å². The fourth-order valence-corrected chi connectivity index (χ4v) is 2.47. The number of hydrogen-bond donors (Lipinski definition) is 1. The van der Waals surface area contributed by atoms with Crippen LogP contribution >= 0.6 is 0 Å². The first kappa shape index (κ1) is 13.5. The predicted molar refractivity (Wildman–Crippen MR) is 73.1 cm³/mol. The fourth-order valence-electron chi connectivity index (χ4n) is 2.47. The summed E-state index contributed by atoms with van der Waals surface area (Å²) in [5.74, 6) is 1.00. The van der Waals surface area contributed by atoms with Gasteiger partial charge < -0.3 is 15.2 Å². The summed E-state index contributed by atoms with van der Waals surface area (Å²) in [6, 6.07) is -0.192. The Hall–Kier alpha value is -2.51. The van der Waals surface area contributed by atoms with Gasteiger partial charge in [0.25, 0.3) is 5.91 Å². The summed E-state index contributed by atoms with van der Waals surface area (Å²) in [5, 5.41) is 3.97. The molecule has 0 bridgehead atoms. The molecule has 2 N–H and O–H groups in total. The lowest BCUT2D eigenvalue weighted by atomic mass is 10.2. The van der Waals surface area contributed by atoms with Gasteiger partial charge in [-0.15, -0.1) is 0 Å². The highest BCUT2D eigenvalue weighted by atomic mass is 16.5. The van der Waals surface area contributed by atoms with E-state index in [1.165, 1.54) is 12.4 Å². The SMILES string of the molecule is CCc1nc([C@H]2CCCN2C(=O)c2nccnc2N)no1. The third-order valence-corrected chi connectivity index (χ3v) is 3.53. The zero-order valence-electron chi connectivity index (χ0n) is 11.7. The first-order valence-electron chi connectivity index (χ1n) is 6.90. The molecule has 3 heterocycles. The summed E-state index contributed by atoms with van der Waals surface area (Å²) in [5.41, 5.74) is 5.90. The number of amides is 1. The van der Waals surface area contributed by atoms with Gasteiger partial charge in [0.2, 0.25) is 5.89 Å². The van der Waals surface area contributed by atoms with Crippen LogP contribution < -0.4 is 5.73 Å². The number of rotatable bonds is 3. The van der Waals surface area contributed by atoms with Crippen LogP contribution in [0.2, 0.25) is 0 Å². The average molecular weight is 288 g/mol. The van der Waals surface area contributed by atoms with Crippen molar-refractivity contribution in [3.05, 3.63) is 29.8 Å². The van der Waals surface area contributed by atoms with Crippen LogP contribution in [0.3, 0.4) is 0 Å². The highest BCUT2D eigenvalue weighted by Gasteiger charge is 2.35. The normalized spacial score (nSPS) is 18.1. The molecule has 21 heavy (non-hydrogen) atoms. The molecule has 0 saturated carbocycles. The Morgan fingerprint density at radius 3 is 3.00 bits per heavy atom. The maximum atomic E-state index is 12.6. The van der Waals surface area contributed by atoms with E-state index in [1.807, 2.05) is 6.92 Å². The van der Waals surface area contributed by atoms with Crippen LogP contribution in [0.4, 0.5) is 5.82 Å². The molecule has 1 atom stereocenters. The Bertz CT molecular complexity index is 656. The summed E-state index contributed by atoms with van der Waals surface area (Å²) < 4.78 is 5.13. The van der Waals surface area contributed by atoms with Crippen LogP contribution in [0, 0.1) is 0 Å². The fraction of sp³-hybridized carbons (Fsp3) is 0.462. The van der Waals surface area contributed by atoms with Crippen LogP contribution in [-0.4, -0.2) is 37.5 Å². The lowest BCUT2D eigenvalue weighted by Crippen LogP contribution is -2.32. The largest absolute Gasteiger partial charge is 0.382 e. The topological polar surface area (TPSA) is 111 Å². The molecule has 1 aliphatic heterocycles. The molecule has 0 aromatic carbocycles. The van der Waals surface area contributed by atoms with Gasteiger partial charge >= 0.3 is 0 Å². The second-order valence-corrected chi connectivity index (χ2v) is 4.85. The number of aromatic nitrogens is 4. The summed E-state index contributed by atoms with van der Waals surface area (Å²) in [6.45, 7) is 2.56. The number of nitrogens with zero attached hydrogens (tertiary/aromatic N) is 5. The van der Waals surface area contributed by atoms with Crippen molar-refractivity contribution < 1.29 is 9.32 Å². The molecule has 1 aliphatic rings. The summed E-state index contributed by atoms with van der Waals surface area (Å²) in [6.07, 6.45) is 5.27. The molecule has 3 rings (SSSR count). The van der Waals surface area contributed by atoms with Gasteiger partial charge in [0, 0.05) is 25.4 Å². The maximum absolute atomic E-state index is 12.6. The van der Waals surface area contributed by atoms with E-state index in [2.05, 4.69) is 20.1 Å². The molecular formula is C13H16N6O2. The highest BCUT2D eigenvalue weighted by molar-refractivity contribution is 5.96. The zero-order chi connectivity index (χ0) is 14.8. The van der Waals surface area contributed by atoms with Crippen LogP contribution in [0.5, 0.6) is 0 Å². The van der Waals surface area contributed by atoms with Crippen molar-refractivity contribution in [3.8, 4) is 0 Å². The molecule has 8 nitrogen and oxygen atoms in total. The minimum absolute atomic E-state index is 0.135. The summed E-state index contributed by atoms with van der Waals surface area (Å²) >= 11 is 0. The molecular weight excluding hydrogens is 272 g/mol. The van der Waals surface area contributed by atoms with Crippen LogP contribution in [0.1, 0.15) is 48.0 Å². The maximum Gasteiger partial charge on any atom is 0.276 e. The van der Waals surface area contributed by atoms with Crippen LogP contribution in [0.25, 0.3) is 0 Å². The lowest BCUT2D eigenvalue weighted by Gasteiger charge is -2.21. The Labute approximate surface area is 121 Å². The molecule has 0 radical (unpaired) electrons. The molecule has 1 saturated heterocycles. The Morgan fingerprint density at radius 2 is 2.29 bits per heavy atom.